The molecule has 368 valence electrons. The van der Waals surface area contributed by atoms with Gasteiger partial charge < -0.3 is 29.9 Å². The van der Waals surface area contributed by atoms with Gasteiger partial charge in [0.15, 0.2) is 35.1 Å². The summed E-state index contributed by atoms with van der Waals surface area (Å²) < 4.78 is 87.2. The molecule has 0 radical (unpaired) electrons. The normalized spacial score (nSPS) is 13.2. The molecule has 8 rings (SSSR count). The van der Waals surface area contributed by atoms with Gasteiger partial charge in [-0.3, -0.25) is 9.11 Å². The fourth-order valence-corrected chi connectivity index (χ4v) is 13.6. The molecule has 0 unspecified atom stereocenters. The number of thiophene rings is 2. The molecule has 5 aromatic heterocycles. The summed E-state index contributed by atoms with van der Waals surface area (Å²) in [5.74, 6) is 0.804. The number of azo groups is 2. The maximum absolute atomic E-state index is 12.2. The quantitative estimate of drug-likeness (QED) is 0.0296. The highest BCUT2D eigenvalue weighted by Gasteiger charge is 2.29. The van der Waals surface area contributed by atoms with Crippen LogP contribution in [0.5, 0.6) is 11.5 Å². The summed E-state index contributed by atoms with van der Waals surface area (Å²) in [6, 6.07) is 11.3. The Morgan fingerprint density at radius 1 is 0.686 bits per heavy atom. The van der Waals surface area contributed by atoms with Crippen molar-refractivity contribution in [3.05, 3.63) is 60.2 Å². The SMILES string of the molecule is CCN(CC)c1ccc(/N=N/c2snc3sc(S(=O)(=O)O)c(OC)c23)c(Nc2nc(Nc3cc(N(CC)CC)ccc3/N=N/c3snc4sc(S(=O)(=O)O)c(OC)c34)nc(SCC3=CCCC=C3)n2)c1. The summed E-state index contributed by atoms with van der Waals surface area (Å²) in [4.78, 5) is 19.5. The third-order valence-electron chi connectivity index (χ3n) is 10.6. The summed E-state index contributed by atoms with van der Waals surface area (Å²) in [6.45, 7) is 11.1. The van der Waals surface area contributed by atoms with E-state index in [1.54, 1.807) is 12.1 Å². The van der Waals surface area contributed by atoms with Gasteiger partial charge >= 0.3 is 20.2 Å². The lowest BCUT2D eigenvalue weighted by Gasteiger charge is -2.22. The van der Waals surface area contributed by atoms with Crippen molar-refractivity contribution in [2.45, 2.75) is 54.1 Å². The second-order valence-electron chi connectivity index (χ2n) is 14.8. The van der Waals surface area contributed by atoms with E-state index in [9.17, 15) is 25.9 Å². The van der Waals surface area contributed by atoms with Gasteiger partial charge in [0.25, 0.3) is 0 Å². The Balaban J connectivity index is 1.21. The number of anilines is 6. The molecule has 0 saturated heterocycles. The number of nitrogens with zero attached hydrogens (tertiary/aromatic N) is 11. The van der Waals surface area contributed by atoms with E-state index in [0.717, 1.165) is 102 Å². The van der Waals surface area contributed by atoms with E-state index in [0.29, 0.717) is 54.1 Å². The first kappa shape index (κ1) is 50.7. The Bertz CT molecular complexity index is 3210. The van der Waals surface area contributed by atoms with Gasteiger partial charge in [-0.1, -0.05) is 52.7 Å². The van der Waals surface area contributed by atoms with Crippen molar-refractivity contribution in [2.75, 3.05) is 66.6 Å². The molecule has 0 atom stereocenters. The van der Waals surface area contributed by atoms with E-state index < -0.39 is 20.2 Å². The van der Waals surface area contributed by atoms with Crippen molar-refractivity contribution < 1.29 is 35.4 Å². The zero-order valence-electron chi connectivity index (χ0n) is 38.3. The fraction of sp³-hybridized carbons (Fsp3) is 0.310. The number of nitrogens with one attached hydrogen (secondary N) is 2. The molecule has 0 aliphatic heterocycles. The molecule has 0 bridgehead atoms. The van der Waals surface area contributed by atoms with Crippen LogP contribution in [0.15, 0.2) is 94.2 Å². The van der Waals surface area contributed by atoms with Crippen molar-refractivity contribution in [3.8, 4) is 11.5 Å². The fourth-order valence-electron chi connectivity index (χ4n) is 7.27. The average molecular weight is 1080 g/mol. The van der Waals surface area contributed by atoms with Crippen LogP contribution in [-0.2, 0) is 20.2 Å². The molecule has 0 fully saturated rings. The van der Waals surface area contributed by atoms with E-state index in [2.05, 4.69) is 95.6 Å². The Labute approximate surface area is 423 Å². The van der Waals surface area contributed by atoms with Crippen LogP contribution in [0.25, 0.3) is 20.4 Å². The minimum atomic E-state index is -4.60. The summed E-state index contributed by atoms with van der Waals surface area (Å²) in [5.41, 5.74) is 4.67. The molecular weight excluding hydrogens is 1040 g/mol. The van der Waals surface area contributed by atoms with E-state index in [1.807, 2.05) is 24.3 Å². The molecule has 70 heavy (non-hydrogen) atoms. The van der Waals surface area contributed by atoms with Crippen LogP contribution < -0.4 is 29.9 Å². The zero-order valence-corrected chi connectivity index (χ0v) is 44.0. The highest BCUT2D eigenvalue weighted by molar-refractivity contribution is 7.99. The molecular formula is C42H45N13O8S7. The number of aromatic nitrogens is 5. The molecule has 21 nitrogen and oxygen atoms in total. The van der Waals surface area contributed by atoms with Crippen LogP contribution >= 0.6 is 57.5 Å². The highest BCUT2D eigenvalue weighted by Crippen LogP contribution is 2.49. The van der Waals surface area contributed by atoms with E-state index in [4.69, 9.17) is 24.4 Å². The van der Waals surface area contributed by atoms with Gasteiger partial charge in [-0.25, -0.2) is 0 Å². The molecule has 0 saturated carbocycles. The first-order valence-electron chi connectivity index (χ1n) is 21.4. The van der Waals surface area contributed by atoms with Crippen molar-refractivity contribution in [2.24, 2.45) is 20.5 Å². The Kier molecular flexibility index (Phi) is 15.7. The van der Waals surface area contributed by atoms with Gasteiger partial charge in [0.05, 0.1) is 36.4 Å². The Morgan fingerprint density at radius 2 is 1.16 bits per heavy atom. The lowest BCUT2D eigenvalue weighted by Crippen LogP contribution is -2.21. The van der Waals surface area contributed by atoms with Gasteiger partial charge in [-0.05, 0) is 106 Å². The topological polar surface area (TPSA) is 272 Å². The maximum Gasteiger partial charge on any atom is 0.307 e. The lowest BCUT2D eigenvalue weighted by molar-refractivity contribution is 0.406. The second-order valence-corrected chi connectivity index (χ2v) is 22.5. The van der Waals surface area contributed by atoms with Crippen LogP contribution in [0.2, 0.25) is 0 Å². The summed E-state index contributed by atoms with van der Waals surface area (Å²) in [7, 11) is -6.59. The lowest BCUT2D eigenvalue weighted by atomic mass is 10.1. The van der Waals surface area contributed by atoms with Gasteiger partial charge in [-0.15, -0.1) is 20.5 Å². The summed E-state index contributed by atoms with van der Waals surface area (Å²) in [6.07, 6.45) is 8.34. The van der Waals surface area contributed by atoms with E-state index in [-0.39, 0.29) is 41.8 Å². The molecule has 7 aromatic rings. The molecule has 0 spiro atoms. The first-order valence-corrected chi connectivity index (χ1v) is 28.5. The molecule has 2 aromatic carbocycles. The Morgan fingerprint density at radius 3 is 1.56 bits per heavy atom. The number of rotatable bonds is 21. The van der Waals surface area contributed by atoms with Gasteiger partial charge in [0.2, 0.25) is 11.9 Å². The number of benzene rings is 2. The minimum Gasteiger partial charge on any atom is -0.494 e. The number of thioether (sulfide) groups is 1. The van der Waals surface area contributed by atoms with Crippen LogP contribution in [0.1, 0.15) is 40.5 Å². The minimum absolute atomic E-state index is 0.0693. The number of ether oxygens (including phenoxy) is 2. The van der Waals surface area contributed by atoms with Crippen molar-refractivity contribution in [1.29, 1.82) is 0 Å². The zero-order chi connectivity index (χ0) is 49.7. The largest absolute Gasteiger partial charge is 0.494 e. The number of hydrogen-bond donors (Lipinski definition) is 4. The first-order chi connectivity index (χ1) is 33.6. The van der Waals surface area contributed by atoms with E-state index >= 15 is 0 Å². The number of fused-ring (bicyclic) bond motifs is 2. The highest BCUT2D eigenvalue weighted by atomic mass is 32.3. The van der Waals surface area contributed by atoms with Crippen molar-refractivity contribution >= 4 is 154 Å². The number of hydrogen-bond acceptors (Lipinski definition) is 24. The third-order valence-corrected chi connectivity index (χ3v) is 18.0. The number of methoxy groups -OCH3 is 2. The van der Waals surface area contributed by atoms with Gasteiger partial charge in [0, 0.05) is 43.3 Å². The summed E-state index contributed by atoms with van der Waals surface area (Å²) >= 11 is 4.98. The molecule has 0 amide bonds. The smallest absolute Gasteiger partial charge is 0.307 e. The monoisotopic (exact) mass is 1080 g/mol. The predicted octanol–water partition coefficient (Wildman–Crippen LogP) is 12.1. The molecule has 28 heteroatoms. The van der Waals surface area contributed by atoms with Crippen LogP contribution in [0.4, 0.5) is 56.0 Å². The molecule has 5 heterocycles. The summed E-state index contributed by atoms with van der Waals surface area (Å²) in [5, 5.41) is 26.5. The van der Waals surface area contributed by atoms with Crippen molar-refractivity contribution in [3.63, 3.8) is 0 Å². The number of allylic oxidation sites excluding steroid dienone is 3. The van der Waals surface area contributed by atoms with Gasteiger partial charge in [-0.2, -0.15) is 40.5 Å². The van der Waals surface area contributed by atoms with Crippen LogP contribution in [-0.4, -0.2) is 95.8 Å². The molecule has 1 aliphatic rings. The Hall–Kier alpha value is -5.72. The van der Waals surface area contributed by atoms with Crippen LogP contribution in [0.3, 0.4) is 0 Å². The average Bonchev–Trinajstić information content (AvgIpc) is 4.13. The third kappa shape index (κ3) is 11.1. The molecule has 1 aliphatic carbocycles. The van der Waals surface area contributed by atoms with Gasteiger partial charge in [0.1, 0.15) is 21.0 Å². The van der Waals surface area contributed by atoms with E-state index in [1.165, 1.54) is 26.0 Å². The standard InChI is InChI=1S/C42H45N13O8S7/c1-7-54(8-2)24-16-18-26(48-50-34-30-32(62-5)38(69(56,57)58)65-36(30)52-67-34)28(20-24)43-40-45-41(47-42(46-40)64-22-23-14-12-11-13-15-23)44-29-21-25(55(9-3)10-4)17-19-27(29)49-51-35-31-33(63-6)39(70(59,60)61)66-37(31)53-68-35/h12,14-21H,7-11,13,22H2,1-6H3,(H,56,57,58)(H,59,60,61)(H2,43,44,45,46,47)/b50-48+,51-49+. The predicted molar refractivity (Wildman–Crippen MR) is 280 cm³/mol. The van der Waals surface area contributed by atoms with Crippen molar-refractivity contribution in [1.82, 2.24) is 23.7 Å². The van der Waals surface area contributed by atoms with Crippen LogP contribution in [0, 0.1) is 0 Å². The maximum atomic E-state index is 12.2. The molecule has 4 N–H and O–H groups in total. The second kappa shape index (κ2) is 21.7.